The molecule has 0 amide bonds. The van der Waals surface area contributed by atoms with Gasteiger partial charge >= 0.3 is 24.7 Å². The van der Waals surface area contributed by atoms with Crippen molar-refractivity contribution in [2.24, 2.45) is 0 Å². The maximum absolute atomic E-state index is 14.8. The monoisotopic (exact) mass is 1160 g/mol. The SMILES string of the molecule is Cc1ccc(-c2cc(C#N)ccc2-n2c3ccc(-c4ccc(C(F)(F)F)cc4C)cc3c3cc(-c4ccc(C)cc4C(F)(F)F)ccc32)c(-n2c3ccc(-c4ccc(C(F)(F)F)cc4C)cc3c3cc(-c4ccc(C)cc4C(F)(F)F)ccc32)c1. The number of hydrogen-bond donors (Lipinski definition) is 0. The fourth-order valence-electron chi connectivity index (χ4n) is 11.9. The molecule has 0 aliphatic carbocycles. The Morgan fingerprint density at radius 2 is 0.659 bits per heavy atom. The number of fused-ring (bicyclic) bond motifs is 6. The third-order valence-corrected chi connectivity index (χ3v) is 15.9. The Hall–Kier alpha value is -9.55. The summed E-state index contributed by atoms with van der Waals surface area (Å²) in [6.45, 7) is 8.16. The van der Waals surface area contributed by atoms with Gasteiger partial charge in [0.15, 0.2) is 0 Å². The first-order chi connectivity index (χ1) is 40.2. The van der Waals surface area contributed by atoms with Crippen molar-refractivity contribution in [3.8, 4) is 73.1 Å². The lowest BCUT2D eigenvalue weighted by atomic mass is 9.95. The average molecular weight is 1160 g/mol. The molecule has 2 aromatic heterocycles. The Morgan fingerprint density at radius 3 is 1.02 bits per heavy atom. The molecule has 12 rings (SSSR count). The van der Waals surface area contributed by atoms with E-state index in [4.69, 9.17) is 0 Å². The van der Waals surface area contributed by atoms with E-state index in [-0.39, 0.29) is 27.8 Å². The van der Waals surface area contributed by atoms with Gasteiger partial charge in [0.1, 0.15) is 0 Å². The number of rotatable bonds is 7. The Labute approximate surface area is 478 Å². The van der Waals surface area contributed by atoms with Crippen molar-refractivity contribution in [1.82, 2.24) is 9.13 Å². The number of halogens is 12. The molecule has 0 aliphatic heterocycles. The molecule has 0 fully saturated rings. The molecule has 0 spiro atoms. The van der Waals surface area contributed by atoms with Crippen LogP contribution in [0, 0.1) is 45.9 Å². The van der Waals surface area contributed by atoms with Crippen molar-refractivity contribution in [3.63, 3.8) is 0 Å². The molecule has 0 aliphatic rings. The van der Waals surface area contributed by atoms with E-state index < -0.39 is 47.0 Å². The molecule has 0 saturated carbocycles. The van der Waals surface area contributed by atoms with Crippen molar-refractivity contribution in [1.29, 1.82) is 5.26 Å². The zero-order valence-corrected chi connectivity index (χ0v) is 45.7. The number of nitriles is 1. The molecular weight excluding hydrogens is 1110 g/mol. The first-order valence-corrected chi connectivity index (χ1v) is 26.7. The maximum Gasteiger partial charge on any atom is 0.417 e. The minimum Gasteiger partial charge on any atom is -0.309 e. The van der Waals surface area contributed by atoms with E-state index in [0.29, 0.717) is 111 Å². The van der Waals surface area contributed by atoms with E-state index in [2.05, 4.69) is 6.07 Å². The van der Waals surface area contributed by atoms with Crippen molar-refractivity contribution in [3.05, 3.63) is 238 Å². The van der Waals surface area contributed by atoms with Gasteiger partial charge in [-0.1, -0.05) is 83.9 Å². The quantitative estimate of drug-likeness (QED) is 0.146. The Balaban J connectivity index is 1.13. The van der Waals surface area contributed by atoms with Crippen LogP contribution in [0.25, 0.3) is 111 Å². The van der Waals surface area contributed by atoms with Crippen LogP contribution in [-0.2, 0) is 24.7 Å². The summed E-state index contributed by atoms with van der Waals surface area (Å²) in [5.41, 5.74) is 6.03. The summed E-state index contributed by atoms with van der Waals surface area (Å²) in [7, 11) is 0. The van der Waals surface area contributed by atoms with Crippen LogP contribution >= 0.6 is 0 Å². The number of hydrogen-bond acceptors (Lipinski definition) is 1. The van der Waals surface area contributed by atoms with Crippen LogP contribution in [0.1, 0.15) is 55.6 Å². The molecule has 424 valence electrons. The number of nitrogens with zero attached hydrogens (tertiary/aromatic N) is 3. The van der Waals surface area contributed by atoms with Crippen LogP contribution in [0.5, 0.6) is 0 Å². The minimum absolute atomic E-state index is 0.0654. The highest BCUT2D eigenvalue weighted by molar-refractivity contribution is 6.14. The summed E-state index contributed by atoms with van der Waals surface area (Å²) in [6.07, 6.45) is -18.6. The van der Waals surface area contributed by atoms with E-state index in [9.17, 15) is 57.9 Å². The van der Waals surface area contributed by atoms with Crippen LogP contribution in [0.15, 0.2) is 182 Å². The highest BCUT2D eigenvalue weighted by atomic mass is 19.4. The Bertz CT molecular complexity index is 4790. The second-order valence-corrected chi connectivity index (χ2v) is 21.6. The zero-order chi connectivity index (χ0) is 60.4. The van der Waals surface area contributed by atoms with Gasteiger partial charge < -0.3 is 9.13 Å². The summed E-state index contributed by atoms with van der Waals surface area (Å²) < 4.78 is 176. The molecule has 0 atom stereocenters. The third-order valence-electron chi connectivity index (χ3n) is 15.9. The topological polar surface area (TPSA) is 33.6 Å². The van der Waals surface area contributed by atoms with Gasteiger partial charge in [0.05, 0.1) is 67.3 Å². The molecule has 0 bridgehead atoms. The van der Waals surface area contributed by atoms with Crippen LogP contribution in [0.3, 0.4) is 0 Å². The third kappa shape index (κ3) is 9.92. The minimum atomic E-state index is -4.72. The van der Waals surface area contributed by atoms with Gasteiger partial charge in [-0.25, -0.2) is 0 Å². The molecule has 0 radical (unpaired) electrons. The lowest BCUT2D eigenvalue weighted by Crippen LogP contribution is -2.07. The van der Waals surface area contributed by atoms with E-state index in [1.807, 2.05) is 46.4 Å². The van der Waals surface area contributed by atoms with Crippen LogP contribution in [-0.4, -0.2) is 9.13 Å². The maximum atomic E-state index is 14.8. The Kier molecular flexibility index (Phi) is 13.2. The number of benzene rings is 10. The van der Waals surface area contributed by atoms with Gasteiger partial charge in [0.2, 0.25) is 0 Å². The molecule has 10 aromatic carbocycles. The van der Waals surface area contributed by atoms with Gasteiger partial charge in [-0.2, -0.15) is 57.9 Å². The number of aromatic nitrogens is 2. The van der Waals surface area contributed by atoms with Crippen LogP contribution < -0.4 is 0 Å². The number of aryl methyl sites for hydroxylation is 5. The highest BCUT2D eigenvalue weighted by Gasteiger charge is 2.36. The molecule has 3 nitrogen and oxygen atoms in total. The molecule has 0 N–H and O–H groups in total. The van der Waals surface area contributed by atoms with Crippen molar-refractivity contribution in [2.75, 3.05) is 0 Å². The molecule has 0 unspecified atom stereocenters. The first-order valence-electron chi connectivity index (χ1n) is 26.7. The van der Waals surface area contributed by atoms with Gasteiger partial charge in [-0.3, -0.25) is 0 Å². The predicted molar refractivity (Wildman–Crippen MR) is 311 cm³/mol. The van der Waals surface area contributed by atoms with Crippen molar-refractivity contribution in [2.45, 2.75) is 59.3 Å². The molecule has 0 saturated heterocycles. The summed E-state index contributed by atoms with van der Waals surface area (Å²) in [6, 6.07) is 48.9. The van der Waals surface area contributed by atoms with Crippen LogP contribution in [0.2, 0.25) is 0 Å². The molecule has 85 heavy (non-hydrogen) atoms. The smallest absolute Gasteiger partial charge is 0.309 e. The molecule has 15 heteroatoms. The standard InChI is InChI=1S/C70H45F12N3/c1-37-6-16-51(59(26-37)69(77,78)79)45-12-24-63-57(34-45)55-32-43(49-19-14-47(29-40(49)4)67(71,72)73)10-22-62(55)84(63)61-21-9-42(36-83)31-54(61)53-18-8-39(3)28-66(53)85-64-23-11-44(50-20-15-48(30-41(50)5)68(74,75)76)33-56(64)58-35-46(13-25-65(58)85)52-17-7-38(2)27-60(52)70(80,81)82/h6-35H,1-5H3. The fraction of sp³-hybridized carbons (Fsp3) is 0.129. The second kappa shape index (κ2) is 20.1. The van der Waals surface area contributed by atoms with Gasteiger partial charge in [-0.05, 0) is 205 Å². The van der Waals surface area contributed by atoms with Gasteiger partial charge in [0, 0.05) is 32.7 Å². The summed E-state index contributed by atoms with van der Waals surface area (Å²) in [4.78, 5) is 0. The van der Waals surface area contributed by atoms with E-state index >= 15 is 0 Å². The van der Waals surface area contributed by atoms with Crippen LogP contribution in [0.4, 0.5) is 52.7 Å². The van der Waals surface area contributed by atoms with Crippen molar-refractivity contribution < 1.29 is 52.7 Å². The van der Waals surface area contributed by atoms with E-state index in [1.165, 1.54) is 24.3 Å². The molecule has 2 heterocycles. The average Bonchev–Trinajstić information content (AvgIpc) is 1.65. The molecular formula is C70H45F12N3. The Morgan fingerprint density at radius 1 is 0.306 bits per heavy atom. The van der Waals surface area contributed by atoms with Crippen molar-refractivity contribution >= 4 is 43.6 Å². The summed E-state index contributed by atoms with van der Waals surface area (Å²) >= 11 is 0. The zero-order valence-electron chi connectivity index (χ0n) is 45.7. The van der Waals surface area contributed by atoms with E-state index in [0.717, 1.165) is 42.0 Å². The summed E-state index contributed by atoms with van der Waals surface area (Å²) in [5, 5.41) is 12.7. The normalized spacial score (nSPS) is 12.5. The lowest BCUT2D eigenvalue weighted by Gasteiger charge is -2.20. The number of alkyl halides is 12. The van der Waals surface area contributed by atoms with E-state index in [1.54, 1.807) is 119 Å². The van der Waals surface area contributed by atoms with Gasteiger partial charge in [-0.15, -0.1) is 0 Å². The summed E-state index contributed by atoms with van der Waals surface area (Å²) in [5.74, 6) is 0. The first kappa shape index (κ1) is 56.0. The lowest BCUT2D eigenvalue weighted by molar-refractivity contribution is -0.138. The second-order valence-electron chi connectivity index (χ2n) is 21.6. The fourth-order valence-corrected chi connectivity index (χ4v) is 11.9. The largest absolute Gasteiger partial charge is 0.417 e. The predicted octanol–water partition coefficient (Wildman–Crippen LogP) is 21.7. The van der Waals surface area contributed by atoms with Gasteiger partial charge in [0.25, 0.3) is 0 Å². The molecule has 12 aromatic rings. The highest BCUT2D eigenvalue weighted by Crippen LogP contribution is 2.47.